The van der Waals surface area contributed by atoms with E-state index in [1.54, 1.807) is 17.4 Å². The van der Waals surface area contributed by atoms with Gasteiger partial charge in [-0.25, -0.2) is 4.98 Å². The quantitative estimate of drug-likeness (QED) is 0.907. The number of benzene rings is 1. The Labute approximate surface area is 121 Å². The molecule has 0 radical (unpaired) electrons. The van der Waals surface area contributed by atoms with Crippen molar-refractivity contribution >= 4 is 11.3 Å². The standard InChI is InChI=1S/C14H16N2O3S/c1-8-6-20-14(16-8)9(2)15-5-10-3-12-13(4-11(10)17)19-7-18-12/h3-4,6,9,15,17H,5,7H2,1-2H3. The Balaban J connectivity index is 1.69. The van der Waals surface area contributed by atoms with Gasteiger partial charge in [-0.05, 0) is 19.9 Å². The zero-order valence-electron chi connectivity index (χ0n) is 11.3. The summed E-state index contributed by atoms with van der Waals surface area (Å²) in [6.07, 6.45) is 0. The molecule has 5 nitrogen and oxygen atoms in total. The minimum absolute atomic E-state index is 0.138. The van der Waals surface area contributed by atoms with Gasteiger partial charge in [-0.15, -0.1) is 11.3 Å². The van der Waals surface area contributed by atoms with Crippen LogP contribution in [0.4, 0.5) is 0 Å². The van der Waals surface area contributed by atoms with Crippen LogP contribution < -0.4 is 14.8 Å². The van der Waals surface area contributed by atoms with Gasteiger partial charge in [0.05, 0.1) is 6.04 Å². The van der Waals surface area contributed by atoms with Crippen LogP contribution in [0.25, 0.3) is 0 Å². The topological polar surface area (TPSA) is 63.6 Å². The first-order valence-electron chi connectivity index (χ1n) is 6.40. The van der Waals surface area contributed by atoms with Crippen LogP contribution in [0.1, 0.15) is 29.2 Å². The Hall–Kier alpha value is -1.79. The molecule has 0 saturated heterocycles. The molecule has 1 aromatic heterocycles. The zero-order valence-corrected chi connectivity index (χ0v) is 12.2. The highest BCUT2D eigenvalue weighted by Crippen LogP contribution is 2.37. The highest BCUT2D eigenvalue weighted by atomic mass is 32.1. The largest absolute Gasteiger partial charge is 0.507 e. The van der Waals surface area contributed by atoms with Gasteiger partial charge in [0.2, 0.25) is 6.79 Å². The summed E-state index contributed by atoms with van der Waals surface area (Å²) in [7, 11) is 0. The lowest BCUT2D eigenvalue weighted by Crippen LogP contribution is -2.18. The van der Waals surface area contributed by atoms with Crippen molar-refractivity contribution in [2.75, 3.05) is 6.79 Å². The van der Waals surface area contributed by atoms with Crippen molar-refractivity contribution in [1.29, 1.82) is 0 Å². The molecule has 1 aliphatic rings. The first-order chi connectivity index (χ1) is 9.63. The van der Waals surface area contributed by atoms with Crippen molar-refractivity contribution in [3.05, 3.63) is 33.8 Å². The molecular weight excluding hydrogens is 276 g/mol. The van der Waals surface area contributed by atoms with Gasteiger partial charge in [-0.3, -0.25) is 0 Å². The van der Waals surface area contributed by atoms with Crippen LogP contribution in [0, 0.1) is 6.92 Å². The van der Waals surface area contributed by atoms with E-state index < -0.39 is 0 Å². The van der Waals surface area contributed by atoms with Gasteiger partial charge in [0.25, 0.3) is 0 Å². The highest BCUT2D eigenvalue weighted by Gasteiger charge is 2.17. The van der Waals surface area contributed by atoms with Crippen LogP contribution in [-0.2, 0) is 6.54 Å². The molecule has 0 spiro atoms. The summed E-state index contributed by atoms with van der Waals surface area (Å²) in [6.45, 7) is 4.79. The van der Waals surface area contributed by atoms with E-state index in [0.717, 1.165) is 16.3 Å². The Morgan fingerprint density at radius 1 is 1.40 bits per heavy atom. The number of nitrogens with zero attached hydrogens (tertiary/aromatic N) is 1. The summed E-state index contributed by atoms with van der Waals surface area (Å²) in [6, 6.07) is 3.54. The molecule has 3 rings (SSSR count). The summed E-state index contributed by atoms with van der Waals surface area (Å²) in [4.78, 5) is 4.45. The minimum Gasteiger partial charge on any atom is -0.507 e. The van der Waals surface area contributed by atoms with Crippen molar-refractivity contribution < 1.29 is 14.6 Å². The summed E-state index contributed by atoms with van der Waals surface area (Å²) >= 11 is 1.64. The van der Waals surface area contributed by atoms with Crippen LogP contribution in [0.5, 0.6) is 17.2 Å². The monoisotopic (exact) mass is 292 g/mol. The number of aromatic nitrogens is 1. The molecule has 1 aromatic carbocycles. The van der Waals surface area contributed by atoms with Crippen LogP contribution >= 0.6 is 11.3 Å². The molecule has 2 aromatic rings. The SMILES string of the molecule is Cc1csc(C(C)NCc2cc3c(cc2O)OCO3)n1. The number of nitrogens with one attached hydrogen (secondary N) is 1. The Morgan fingerprint density at radius 3 is 2.85 bits per heavy atom. The molecule has 2 N–H and O–H groups in total. The van der Waals surface area contributed by atoms with Crippen LogP contribution in [0.2, 0.25) is 0 Å². The van der Waals surface area contributed by atoms with E-state index in [0.29, 0.717) is 18.0 Å². The van der Waals surface area contributed by atoms with Crippen LogP contribution in [-0.4, -0.2) is 16.9 Å². The lowest BCUT2D eigenvalue weighted by atomic mass is 10.1. The minimum atomic E-state index is 0.138. The Morgan fingerprint density at radius 2 is 2.15 bits per heavy atom. The number of thiazole rings is 1. The van der Waals surface area contributed by atoms with Crippen molar-refractivity contribution in [1.82, 2.24) is 10.3 Å². The average Bonchev–Trinajstić information content (AvgIpc) is 3.04. The second-order valence-electron chi connectivity index (χ2n) is 4.76. The number of fused-ring (bicyclic) bond motifs is 1. The molecular formula is C14H16N2O3S. The maximum absolute atomic E-state index is 9.97. The molecule has 2 heterocycles. The van der Waals surface area contributed by atoms with Gasteiger partial charge < -0.3 is 19.9 Å². The van der Waals surface area contributed by atoms with Gasteiger partial charge in [0.15, 0.2) is 11.5 Å². The van der Waals surface area contributed by atoms with Crippen molar-refractivity contribution in [2.45, 2.75) is 26.4 Å². The predicted molar refractivity (Wildman–Crippen MR) is 76.3 cm³/mol. The number of rotatable bonds is 4. The first kappa shape index (κ1) is 13.2. The normalized spacial score (nSPS) is 14.5. The second kappa shape index (κ2) is 5.30. The summed E-state index contributed by atoms with van der Waals surface area (Å²) in [5.41, 5.74) is 1.82. The van der Waals surface area contributed by atoms with Crippen molar-refractivity contribution in [2.24, 2.45) is 0 Å². The molecule has 0 bridgehead atoms. The lowest BCUT2D eigenvalue weighted by Gasteiger charge is -2.12. The van der Waals surface area contributed by atoms with Gasteiger partial charge in [0, 0.05) is 29.2 Å². The van der Waals surface area contributed by atoms with E-state index in [4.69, 9.17) is 9.47 Å². The number of hydrogen-bond acceptors (Lipinski definition) is 6. The molecule has 1 unspecified atom stereocenters. The number of aromatic hydroxyl groups is 1. The Bertz CT molecular complexity index is 627. The van der Waals surface area contributed by atoms with Gasteiger partial charge in [0.1, 0.15) is 10.8 Å². The number of phenols is 1. The third kappa shape index (κ3) is 2.57. The van der Waals surface area contributed by atoms with E-state index in [9.17, 15) is 5.11 Å². The van der Waals surface area contributed by atoms with E-state index in [2.05, 4.69) is 17.2 Å². The average molecular weight is 292 g/mol. The molecule has 106 valence electrons. The maximum Gasteiger partial charge on any atom is 0.231 e. The number of aryl methyl sites for hydroxylation is 1. The van der Waals surface area contributed by atoms with E-state index in [1.165, 1.54) is 0 Å². The summed E-state index contributed by atoms with van der Waals surface area (Å²) in [5.74, 6) is 1.48. The van der Waals surface area contributed by atoms with Gasteiger partial charge in [-0.1, -0.05) is 0 Å². The predicted octanol–water partition coefficient (Wildman–Crippen LogP) is 2.74. The van der Waals surface area contributed by atoms with Gasteiger partial charge in [-0.2, -0.15) is 0 Å². The lowest BCUT2D eigenvalue weighted by molar-refractivity contribution is 0.174. The van der Waals surface area contributed by atoms with Crippen molar-refractivity contribution in [3.63, 3.8) is 0 Å². The summed E-state index contributed by atoms with van der Waals surface area (Å²) < 4.78 is 10.5. The Kier molecular flexibility index (Phi) is 3.50. The van der Waals surface area contributed by atoms with Crippen LogP contribution in [0.15, 0.2) is 17.5 Å². The molecule has 0 saturated carbocycles. The van der Waals surface area contributed by atoms with E-state index in [1.807, 2.05) is 18.4 Å². The molecule has 20 heavy (non-hydrogen) atoms. The smallest absolute Gasteiger partial charge is 0.231 e. The van der Waals surface area contributed by atoms with E-state index >= 15 is 0 Å². The number of hydrogen-bond donors (Lipinski definition) is 2. The van der Waals surface area contributed by atoms with Crippen molar-refractivity contribution in [3.8, 4) is 17.2 Å². The second-order valence-corrected chi connectivity index (χ2v) is 5.65. The molecule has 0 aliphatic carbocycles. The molecule has 0 fully saturated rings. The molecule has 6 heteroatoms. The fraction of sp³-hybridized carbons (Fsp3) is 0.357. The number of ether oxygens (including phenoxy) is 2. The fourth-order valence-corrected chi connectivity index (χ4v) is 2.86. The fourth-order valence-electron chi connectivity index (χ4n) is 2.04. The zero-order chi connectivity index (χ0) is 14.1. The van der Waals surface area contributed by atoms with E-state index in [-0.39, 0.29) is 18.6 Å². The molecule has 1 atom stereocenters. The third-order valence-electron chi connectivity index (χ3n) is 3.18. The third-order valence-corrected chi connectivity index (χ3v) is 4.33. The number of phenolic OH excluding ortho intramolecular Hbond substituents is 1. The van der Waals surface area contributed by atoms with Gasteiger partial charge >= 0.3 is 0 Å². The molecule has 0 amide bonds. The summed E-state index contributed by atoms with van der Waals surface area (Å²) in [5, 5.41) is 16.4. The maximum atomic E-state index is 9.97. The first-order valence-corrected chi connectivity index (χ1v) is 7.28. The van der Waals surface area contributed by atoms with Crippen LogP contribution in [0.3, 0.4) is 0 Å². The molecule has 1 aliphatic heterocycles. The highest BCUT2D eigenvalue weighted by molar-refractivity contribution is 7.09.